The summed E-state index contributed by atoms with van der Waals surface area (Å²) in [5.74, 6) is 0. The van der Waals surface area contributed by atoms with Gasteiger partial charge in [0, 0.05) is 5.69 Å². The van der Waals surface area contributed by atoms with Crippen LogP contribution in [0, 0.1) is 0 Å². The molecule has 1 rings (SSSR count). The Hall–Kier alpha value is -1.04. The fourth-order valence-electron chi connectivity index (χ4n) is 1.14. The van der Waals surface area contributed by atoms with Crippen molar-refractivity contribution in [1.29, 1.82) is 0 Å². The Balaban J connectivity index is 3.53. The summed E-state index contributed by atoms with van der Waals surface area (Å²) in [4.78, 5) is 0. The number of nitrogen functional groups attached to an aromatic ring is 1. The summed E-state index contributed by atoms with van der Waals surface area (Å²) in [6.07, 6.45) is -8.27. The van der Waals surface area contributed by atoms with Crippen molar-refractivity contribution in [3.63, 3.8) is 0 Å². The maximum absolute atomic E-state index is 12.4. The van der Waals surface area contributed by atoms with Gasteiger partial charge in [0.25, 0.3) is 6.43 Å². The van der Waals surface area contributed by atoms with E-state index in [2.05, 4.69) is 0 Å². The minimum absolute atomic E-state index is 0.647. The maximum Gasteiger partial charge on any atom is 0.418 e. The fourth-order valence-corrected chi connectivity index (χ4v) is 1.38. The molecule has 0 heterocycles. The SMILES string of the molecule is Nc1ccc(Cl)c(C(F)F)c1C(F)(F)F. The van der Waals surface area contributed by atoms with Crippen LogP contribution in [0.15, 0.2) is 12.1 Å². The van der Waals surface area contributed by atoms with Gasteiger partial charge in [0.2, 0.25) is 0 Å². The molecular formula is C8H5ClF5N. The van der Waals surface area contributed by atoms with Gasteiger partial charge in [-0.3, -0.25) is 0 Å². The van der Waals surface area contributed by atoms with Gasteiger partial charge in [-0.2, -0.15) is 13.2 Å². The van der Waals surface area contributed by atoms with Crippen molar-refractivity contribution in [3.8, 4) is 0 Å². The van der Waals surface area contributed by atoms with Crippen LogP contribution in [0.1, 0.15) is 17.6 Å². The third-order valence-electron chi connectivity index (χ3n) is 1.73. The van der Waals surface area contributed by atoms with Crippen molar-refractivity contribution >= 4 is 17.3 Å². The molecule has 0 aliphatic rings. The maximum atomic E-state index is 12.4. The molecule has 0 atom stereocenters. The predicted molar refractivity (Wildman–Crippen MR) is 45.8 cm³/mol. The minimum atomic E-state index is -4.94. The van der Waals surface area contributed by atoms with Crippen LogP contribution < -0.4 is 5.73 Å². The lowest BCUT2D eigenvalue weighted by Crippen LogP contribution is -2.13. The summed E-state index contributed by atoms with van der Waals surface area (Å²) in [5.41, 5.74) is 1.40. The first-order chi connectivity index (χ1) is 6.75. The molecule has 15 heavy (non-hydrogen) atoms. The molecule has 0 bridgehead atoms. The van der Waals surface area contributed by atoms with E-state index in [4.69, 9.17) is 17.3 Å². The molecule has 0 fully saturated rings. The Labute approximate surface area is 86.6 Å². The van der Waals surface area contributed by atoms with E-state index in [1.54, 1.807) is 0 Å². The largest absolute Gasteiger partial charge is 0.418 e. The summed E-state index contributed by atoms with van der Waals surface area (Å²) in [5, 5.41) is -0.647. The second-order valence-electron chi connectivity index (χ2n) is 2.72. The zero-order valence-electron chi connectivity index (χ0n) is 7.08. The molecule has 0 spiro atoms. The summed E-state index contributed by atoms with van der Waals surface area (Å²) < 4.78 is 61.9. The van der Waals surface area contributed by atoms with E-state index in [1.807, 2.05) is 0 Å². The van der Waals surface area contributed by atoms with E-state index in [9.17, 15) is 22.0 Å². The van der Waals surface area contributed by atoms with Crippen LogP contribution >= 0.6 is 11.6 Å². The zero-order chi connectivity index (χ0) is 11.8. The number of hydrogen-bond acceptors (Lipinski definition) is 1. The Morgan fingerprint density at radius 3 is 2.07 bits per heavy atom. The molecule has 1 nitrogen and oxygen atoms in total. The Morgan fingerprint density at radius 2 is 1.73 bits per heavy atom. The lowest BCUT2D eigenvalue weighted by atomic mass is 10.1. The Kier molecular flexibility index (Phi) is 3.08. The first kappa shape index (κ1) is 12.0. The van der Waals surface area contributed by atoms with Crippen LogP contribution in [-0.2, 0) is 6.18 Å². The van der Waals surface area contributed by atoms with E-state index in [-0.39, 0.29) is 0 Å². The van der Waals surface area contributed by atoms with Crippen LogP contribution in [-0.4, -0.2) is 0 Å². The van der Waals surface area contributed by atoms with Crippen LogP contribution in [0.2, 0.25) is 5.02 Å². The molecule has 0 saturated carbocycles. The highest BCUT2D eigenvalue weighted by atomic mass is 35.5. The van der Waals surface area contributed by atoms with Crippen molar-refractivity contribution in [2.45, 2.75) is 12.6 Å². The lowest BCUT2D eigenvalue weighted by molar-refractivity contribution is -0.138. The normalized spacial score (nSPS) is 12.2. The third-order valence-corrected chi connectivity index (χ3v) is 2.06. The molecule has 0 radical (unpaired) electrons. The molecule has 0 unspecified atom stereocenters. The van der Waals surface area contributed by atoms with Crippen molar-refractivity contribution in [3.05, 3.63) is 28.3 Å². The van der Waals surface area contributed by atoms with Crippen molar-refractivity contribution in [2.75, 3.05) is 5.73 Å². The standard InChI is InChI=1S/C8H5ClF5N/c9-3-1-2-4(15)6(8(12,13)14)5(3)7(10)11/h1-2,7H,15H2. The molecule has 84 valence electrons. The third kappa shape index (κ3) is 2.31. The second kappa shape index (κ2) is 3.84. The number of halogens is 6. The monoisotopic (exact) mass is 245 g/mol. The van der Waals surface area contributed by atoms with Crippen molar-refractivity contribution < 1.29 is 22.0 Å². The molecule has 0 amide bonds. The highest BCUT2D eigenvalue weighted by Crippen LogP contribution is 2.42. The topological polar surface area (TPSA) is 26.0 Å². The number of hydrogen-bond donors (Lipinski definition) is 1. The van der Waals surface area contributed by atoms with E-state index in [0.717, 1.165) is 12.1 Å². The summed E-state index contributed by atoms with van der Waals surface area (Å²) in [6.45, 7) is 0. The average molecular weight is 246 g/mol. The fraction of sp³-hybridized carbons (Fsp3) is 0.250. The van der Waals surface area contributed by atoms with Gasteiger partial charge in [-0.1, -0.05) is 11.6 Å². The molecule has 2 N–H and O–H groups in total. The molecule has 7 heteroatoms. The number of nitrogens with two attached hydrogens (primary N) is 1. The van der Waals surface area contributed by atoms with E-state index in [0.29, 0.717) is 0 Å². The van der Waals surface area contributed by atoms with Crippen LogP contribution in [0.4, 0.5) is 27.6 Å². The second-order valence-corrected chi connectivity index (χ2v) is 3.13. The highest BCUT2D eigenvalue weighted by Gasteiger charge is 2.39. The molecule has 0 aliphatic heterocycles. The molecular weight excluding hydrogens is 241 g/mol. The molecule has 1 aromatic rings. The van der Waals surface area contributed by atoms with Gasteiger partial charge < -0.3 is 5.73 Å². The number of rotatable bonds is 1. The molecule has 0 aliphatic carbocycles. The van der Waals surface area contributed by atoms with Gasteiger partial charge >= 0.3 is 6.18 Å². The number of anilines is 1. The molecule has 1 aromatic carbocycles. The van der Waals surface area contributed by atoms with Crippen molar-refractivity contribution in [2.24, 2.45) is 0 Å². The minimum Gasteiger partial charge on any atom is -0.398 e. The van der Waals surface area contributed by atoms with Crippen LogP contribution in [0.25, 0.3) is 0 Å². The first-order valence-electron chi connectivity index (χ1n) is 3.68. The number of alkyl halides is 5. The van der Waals surface area contributed by atoms with Gasteiger partial charge in [-0.05, 0) is 12.1 Å². The summed E-state index contributed by atoms with van der Waals surface area (Å²) in [6, 6.07) is 1.75. The van der Waals surface area contributed by atoms with Gasteiger partial charge in [0.15, 0.2) is 0 Å². The van der Waals surface area contributed by atoms with Gasteiger partial charge in [0.1, 0.15) is 0 Å². The van der Waals surface area contributed by atoms with Crippen molar-refractivity contribution in [1.82, 2.24) is 0 Å². The van der Waals surface area contributed by atoms with Gasteiger partial charge in [-0.15, -0.1) is 0 Å². The highest BCUT2D eigenvalue weighted by molar-refractivity contribution is 6.31. The van der Waals surface area contributed by atoms with Crippen LogP contribution in [0.3, 0.4) is 0 Å². The van der Waals surface area contributed by atoms with E-state index < -0.39 is 34.4 Å². The summed E-state index contributed by atoms with van der Waals surface area (Å²) in [7, 11) is 0. The van der Waals surface area contributed by atoms with E-state index in [1.165, 1.54) is 0 Å². The lowest BCUT2D eigenvalue weighted by Gasteiger charge is -2.15. The number of benzene rings is 1. The summed E-state index contributed by atoms with van der Waals surface area (Å²) >= 11 is 5.27. The quantitative estimate of drug-likeness (QED) is 0.590. The van der Waals surface area contributed by atoms with Crippen LogP contribution in [0.5, 0.6) is 0 Å². The van der Waals surface area contributed by atoms with E-state index >= 15 is 0 Å². The predicted octanol–water partition coefficient (Wildman–Crippen LogP) is 3.88. The molecule has 0 aromatic heterocycles. The zero-order valence-corrected chi connectivity index (χ0v) is 7.83. The van der Waals surface area contributed by atoms with Gasteiger partial charge in [-0.25, -0.2) is 8.78 Å². The smallest absolute Gasteiger partial charge is 0.398 e. The molecule has 0 saturated heterocycles. The Bertz CT molecular complexity index is 374. The first-order valence-corrected chi connectivity index (χ1v) is 4.06. The Morgan fingerprint density at radius 1 is 1.20 bits per heavy atom. The average Bonchev–Trinajstić information content (AvgIpc) is 2.05. The van der Waals surface area contributed by atoms with Gasteiger partial charge in [0.05, 0.1) is 16.1 Å².